The molecule has 16 heavy (non-hydrogen) atoms. The van der Waals surface area contributed by atoms with Gasteiger partial charge in [0.05, 0.1) is 12.7 Å². The van der Waals surface area contributed by atoms with E-state index in [9.17, 15) is 0 Å². The average Bonchev–Trinajstić information content (AvgIpc) is 2.39. The van der Waals surface area contributed by atoms with Gasteiger partial charge in [0.25, 0.3) is 0 Å². The summed E-state index contributed by atoms with van der Waals surface area (Å²) in [4.78, 5) is 6.40. The number of aromatic nitrogens is 1. The smallest absolute Gasteiger partial charge is 0.141 e. The molecule has 1 aliphatic heterocycles. The number of hydrogen-bond donors (Lipinski definition) is 2. The number of nitrogen functional groups attached to an aromatic ring is 1. The molecule has 0 saturated carbocycles. The molecular formula is C11H18N4O. The van der Waals surface area contributed by atoms with Crippen LogP contribution in [0.15, 0.2) is 18.3 Å². The number of anilines is 2. The van der Waals surface area contributed by atoms with Crippen LogP contribution in [0.4, 0.5) is 11.5 Å². The van der Waals surface area contributed by atoms with Gasteiger partial charge in [-0.05, 0) is 12.5 Å². The fourth-order valence-electron chi connectivity index (χ4n) is 1.90. The Kier molecular flexibility index (Phi) is 3.58. The maximum Gasteiger partial charge on any atom is 0.141 e. The van der Waals surface area contributed by atoms with E-state index in [1.165, 1.54) is 0 Å². The summed E-state index contributed by atoms with van der Waals surface area (Å²) < 4.78 is 5.64. The van der Waals surface area contributed by atoms with Gasteiger partial charge in [0, 0.05) is 31.0 Å². The molecule has 0 spiro atoms. The zero-order valence-corrected chi connectivity index (χ0v) is 9.52. The van der Waals surface area contributed by atoms with Crippen LogP contribution in [0.1, 0.15) is 13.3 Å². The van der Waals surface area contributed by atoms with Crippen LogP contribution < -0.4 is 16.2 Å². The molecule has 0 bridgehead atoms. The number of hydrogen-bond acceptors (Lipinski definition) is 5. The average molecular weight is 222 g/mol. The Hall–Kier alpha value is -1.33. The quantitative estimate of drug-likeness (QED) is 0.589. The monoisotopic (exact) mass is 222 g/mol. The van der Waals surface area contributed by atoms with Crippen molar-refractivity contribution in [3.05, 3.63) is 18.3 Å². The van der Waals surface area contributed by atoms with E-state index in [1.54, 1.807) is 6.20 Å². The second-order valence-corrected chi connectivity index (χ2v) is 3.89. The zero-order valence-electron chi connectivity index (χ0n) is 9.52. The van der Waals surface area contributed by atoms with Crippen molar-refractivity contribution in [2.75, 3.05) is 30.0 Å². The van der Waals surface area contributed by atoms with Gasteiger partial charge in [0.15, 0.2) is 0 Å². The first-order valence-electron chi connectivity index (χ1n) is 5.62. The molecule has 1 aromatic rings. The Labute approximate surface area is 95.6 Å². The molecule has 1 saturated heterocycles. The molecule has 5 heteroatoms. The molecule has 1 unspecified atom stereocenters. The van der Waals surface area contributed by atoms with E-state index in [2.05, 4.69) is 22.2 Å². The minimum absolute atomic E-state index is 0.330. The summed E-state index contributed by atoms with van der Waals surface area (Å²) in [6.07, 6.45) is 3.14. The van der Waals surface area contributed by atoms with E-state index in [4.69, 9.17) is 10.6 Å². The Morgan fingerprint density at radius 1 is 1.69 bits per heavy atom. The van der Waals surface area contributed by atoms with Crippen LogP contribution in [0.2, 0.25) is 0 Å². The molecule has 1 aromatic heterocycles. The fourth-order valence-corrected chi connectivity index (χ4v) is 1.90. The molecule has 2 heterocycles. The van der Waals surface area contributed by atoms with Gasteiger partial charge in [0.2, 0.25) is 0 Å². The predicted octanol–water partition coefficient (Wildman–Crippen LogP) is 0.982. The zero-order chi connectivity index (χ0) is 11.4. The molecule has 0 aliphatic carbocycles. The van der Waals surface area contributed by atoms with Crippen LogP contribution in [0.25, 0.3) is 0 Å². The number of nitrogens with two attached hydrogens (primary N) is 1. The summed E-state index contributed by atoms with van der Waals surface area (Å²) in [6.45, 7) is 4.79. The van der Waals surface area contributed by atoms with Gasteiger partial charge < -0.3 is 15.1 Å². The molecular weight excluding hydrogens is 204 g/mol. The van der Waals surface area contributed by atoms with Crippen molar-refractivity contribution in [1.82, 2.24) is 4.98 Å². The number of pyridine rings is 1. The lowest BCUT2D eigenvalue weighted by atomic mass is 10.2. The minimum atomic E-state index is 0.330. The Bertz CT molecular complexity index is 345. The normalized spacial score (nSPS) is 20.9. The summed E-state index contributed by atoms with van der Waals surface area (Å²) >= 11 is 0. The molecule has 0 aromatic carbocycles. The second-order valence-electron chi connectivity index (χ2n) is 3.89. The fraction of sp³-hybridized carbons (Fsp3) is 0.545. The number of hydrazine groups is 1. The lowest BCUT2D eigenvalue weighted by molar-refractivity contribution is 0.0384. The minimum Gasteiger partial charge on any atom is -0.375 e. The first kappa shape index (κ1) is 11.2. The van der Waals surface area contributed by atoms with E-state index in [-0.39, 0.29) is 0 Å². The largest absolute Gasteiger partial charge is 0.375 e. The van der Waals surface area contributed by atoms with Crippen molar-refractivity contribution in [3.63, 3.8) is 0 Å². The van der Waals surface area contributed by atoms with E-state index < -0.39 is 0 Å². The molecule has 2 rings (SSSR count). The first-order chi connectivity index (χ1) is 7.83. The molecule has 1 fully saturated rings. The van der Waals surface area contributed by atoms with Crippen molar-refractivity contribution in [2.45, 2.75) is 19.4 Å². The molecule has 1 aliphatic rings. The predicted molar refractivity (Wildman–Crippen MR) is 64.3 cm³/mol. The van der Waals surface area contributed by atoms with Gasteiger partial charge in [-0.1, -0.05) is 6.92 Å². The summed E-state index contributed by atoms with van der Waals surface area (Å²) in [5.41, 5.74) is 3.71. The third-order valence-electron chi connectivity index (χ3n) is 2.85. The highest BCUT2D eigenvalue weighted by molar-refractivity contribution is 5.53. The van der Waals surface area contributed by atoms with Crippen LogP contribution in [0.5, 0.6) is 0 Å². The van der Waals surface area contributed by atoms with Crippen LogP contribution in [-0.4, -0.2) is 30.8 Å². The lowest BCUT2D eigenvalue weighted by Crippen LogP contribution is -2.42. The number of nitrogens with one attached hydrogen (secondary N) is 1. The maximum atomic E-state index is 5.64. The molecule has 0 amide bonds. The number of ether oxygens (including phenoxy) is 1. The Morgan fingerprint density at radius 3 is 3.31 bits per heavy atom. The van der Waals surface area contributed by atoms with Gasteiger partial charge in [-0.15, -0.1) is 0 Å². The summed E-state index contributed by atoms with van der Waals surface area (Å²) in [6, 6.07) is 3.96. The second kappa shape index (κ2) is 5.14. The number of nitrogens with zero attached hydrogens (tertiary/aromatic N) is 2. The third kappa shape index (κ3) is 2.43. The van der Waals surface area contributed by atoms with E-state index >= 15 is 0 Å². The van der Waals surface area contributed by atoms with Gasteiger partial charge >= 0.3 is 0 Å². The highest BCUT2D eigenvalue weighted by Crippen LogP contribution is 2.20. The Balaban J connectivity index is 2.10. The van der Waals surface area contributed by atoms with Crippen LogP contribution in [0.3, 0.4) is 0 Å². The Morgan fingerprint density at radius 2 is 2.56 bits per heavy atom. The highest BCUT2D eigenvalue weighted by Gasteiger charge is 2.19. The first-order valence-corrected chi connectivity index (χ1v) is 5.62. The molecule has 1 atom stereocenters. The van der Waals surface area contributed by atoms with Crippen molar-refractivity contribution < 1.29 is 4.74 Å². The van der Waals surface area contributed by atoms with Crippen molar-refractivity contribution in [2.24, 2.45) is 5.84 Å². The molecule has 5 nitrogen and oxygen atoms in total. The van der Waals surface area contributed by atoms with E-state index in [0.29, 0.717) is 11.9 Å². The summed E-state index contributed by atoms with van der Waals surface area (Å²) in [5.74, 6) is 6.04. The third-order valence-corrected chi connectivity index (χ3v) is 2.85. The van der Waals surface area contributed by atoms with E-state index in [1.807, 2.05) is 12.1 Å². The van der Waals surface area contributed by atoms with Gasteiger partial charge in [-0.25, -0.2) is 10.8 Å². The standard InChI is InChI=1S/C11H18N4O/c1-2-10-8-15(5-6-16-10)9-3-4-13-11(7-9)14-12/h3-4,7,10H,2,5-6,8,12H2,1H3,(H,13,14). The SMILES string of the molecule is CCC1CN(c2ccnc(NN)c2)CCO1. The maximum absolute atomic E-state index is 5.64. The van der Waals surface area contributed by atoms with Crippen LogP contribution in [0, 0.1) is 0 Å². The van der Waals surface area contributed by atoms with Crippen LogP contribution >= 0.6 is 0 Å². The molecule has 3 N–H and O–H groups in total. The van der Waals surface area contributed by atoms with Gasteiger partial charge in [-0.3, -0.25) is 0 Å². The highest BCUT2D eigenvalue weighted by atomic mass is 16.5. The van der Waals surface area contributed by atoms with E-state index in [0.717, 1.165) is 31.8 Å². The van der Waals surface area contributed by atoms with Gasteiger partial charge in [-0.2, -0.15) is 0 Å². The van der Waals surface area contributed by atoms with Crippen molar-refractivity contribution >= 4 is 11.5 Å². The van der Waals surface area contributed by atoms with Gasteiger partial charge in [0.1, 0.15) is 5.82 Å². The summed E-state index contributed by atoms with van der Waals surface area (Å²) in [7, 11) is 0. The van der Waals surface area contributed by atoms with Crippen molar-refractivity contribution in [1.29, 1.82) is 0 Å². The van der Waals surface area contributed by atoms with Crippen LogP contribution in [-0.2, 0) is 4.74 Å². The molecule has 0 radical (unpaired) electrons. The molecule has 88 valence electrons. The van der Waals surface area contributed by atoms with Crippen molar-refractivity contribution in [3.8, 4) is 0 Å². The number of morpholine rings is 1. The number of rotatable bonds is 3. The topological polar surface area (TPSA) is 63.4 Å². The lowest BCUT2D eigenvalue weighted by Gasteiger charge is -2.34. The summed E-state index contributed by atoms with van der Waals surface area (Å²) in [5, 5.41) is 0.